The number of hydrogen-bond acceptors (Lipinski definition) is 4. The normalized spacial score (nSPS) is 10.9. The zero-order chi connectivity index (χ0) is 19.3. The topological polar surface area (TPSA) is 75.7 Å². The summed E-state index contributed by atoms with van der Waals surface area (Å²) in [4.78, 5) is 12.3. The number of aryl methyl sites for hydroxylation is 1. The van der Waals surface area contributed by atoms with E-state index in [-0.39, 0.29) is 10.8 Å². The van der Waals surface area contributed by atoms with Gasteiger partial charge in [0.25, 0.3) is 15.9 Å². The van der Waals surface area contributed by atoms with E-state index in [0.29, 0.717) is 23.5 Å². The molecule has 0 aliphatic heterocycles. The van der Waals surface area contributed by atoms with Gasteiger partial charge in [-0.2, -0.15) is 0 Å². The number of carbonyl (C=O) groups is 1. The van der Waals surface area contributed by atoms with Gasteiger partial charge in [0, 0.05) is 19.2 Å². The van der Waals surface area contributed by atoms with Crippen LogP contribution in [0.15, 0.2) is 60.0 Å². The van der Waals surface area contributed by atoms with Gasteiger partial charge >= 0.3 is 0 Å². The molecule has 0 aliphatic rings. The van der Waals surface area contributed by atoms with Crippen LogP contribution in [-0.2, 0) is 10.0 Å². The molecule has 0 aliphatic carbocycles. The number of hydrogen-bond donors (Lipinski definition) is 1. The Morgan fingerprint density at radius 3 is 2.46 bits per heavy atom. The van der Waals surface area contributed by atoms with E-state index in [1.165, 1.54) is 30.6 Å². The lowest BCUT2D eigenvalue weighted by Gasteiger charge is -2.22. The van der Waals surface area contributed by atoms with E-state index in [4.69, 9.17) is 4.74 Å². The van der Waals surface area contributed by atoms with Crippen LogP contribution in [0.2, 0.25) is 0 Å². The van der Waals surface area contributed by atoms with Crippen LogP contribution in [0.3, 0.4) is 0 Å². The van der Waals surface area contributed by atoms with E-state index in [2.05, 4.69) is 11.9 Å². The summed E-state index contributed by atoms with van der Waals surface area (Å²) in [7, 11) is -0.788. The van der Waals surface area contributed by atoms with Crippen molar-refractivity contribution >= 4 is 21.6 Å². The van der Waals surface area contributed by atoms with Crippen LogP contribution in [0.1, 0.15) is 15.9 Å². The molecule has 2 aromatic carbocycles. The van der Waals surface area contributed by atoms with Gasteiger partial charge in [-0.1, -0.05) is 12.1 Å². The minimum absolute atomic E-state index is 0.140. The lowest BCUT2D eigenvalue weighted by Crippen LogP contribution is -2.28. The fraction of sp³-hybridized carbons (Fsp3) is 0.211. The Morgan fingerprint density at radius 2 is 1.88 bits per heavy atom. The first kappa shape index (κ1) is 19.5. The van der Waals surface area contributed by atoms with Gasteiger partial charge in [-0.25, -0.2) is 8.42 Å². The minimum Gasteiger partial charge on any atom is -0.497 e. The molecule has 0 saturated heterocycles. The Morgan fingerprint density at radius 1 is 1.23 bits per heavy atom. The van der Waals surface area contributed by atoms with Crippen molar-refractivity contribution in [2.24, 2.45) is 0 Å². The number of nitrogens with zero attached hydrogens (tertiary/aromatic N) is 1. The number of amides is 1. The maximum absolute atomic E-state index is 12.9. The predicted molar refractivity (Wildman–Crippen MR) is 102 cm³/mol. The van der Waals surface area contributed by atoms with Gasteiger partial charge in [0.2, 0.25) is 0 Å². The Balaban J connectivity index is 2.39. The Labute approximate surface area is 154 Å². The monoisotopic (exact) mass is 374 g/mol. The van der Waals surface area contributed by atoms with E-state index < -0.39 is 10.0 Å². The van der Waals surface area contributed by atoms with Crippen molar-refractivity contribution in [3.63, 3.8) is 0 Å². The van der Waals surface area contributed by atoms with Gasteiger partial charge in [-0.3, -0.25) is 9.10 Å². The van der Waals surface area contributed by atoms with Crippen LogP contribution in [0, 0.1) is 6.92 Å². The number of ether oxygens (including phenoxy) is 1. The standard InChI is InChI=1S/C19H22N2O4S/c1-5-12-20-19(22)15-7-6-14(2)18(13-15)21(3)26(23,24)17-10-8-16(25-4)9-11-17/h5-11,13H,1,12H2,2-4H3,(H,20,22). The van der Waals surface area contributed by atoms with Crippen molar-refractivity contribution in [3.8, 4) is 5.75 Å². The van der Waals surface area contributed by atoms with Gasteiger partial charge in [-0.05, 0) is 48.9 Å². The van der Waals surface area contributed by atoms with Crippen molar-refractivity contribution in [2.75, 3.05) is 25.0 Å². The third-order valence-corrected chi connectivity index (χ3v) is 5.72. The summed E-state index contributed by atoms with van der Waals surface area (Å²) in [5, 5.41) is 2.68. The first-order valence-electron chi connectivity index (χ1n) is 7.94. The van der Waals surface area contributed by atoms with E-state index in [0.717, 1.165) is 5.56 Å². The molecule has 0 atom stereocenters. The third kappa shape index (κ3) is 4.05. The Kier molecular flexibility index (Phi) is 6.05. The molecule has 0 bridgehead atoms. The summed E-state index contributed by atoms with van der Waals surface area (Å²) in [6, 6.07) is 11.1. The molecule has 2 rings (SSSR count). The summed E-state index contributed by atoms with van der Waals surface area (Å²) in [5.74, 6) is 0.282. The molecule has 138 valence electrons. The van der Waals surface area contributed by atoms with Crippen molar-refractivity contribution in [1.82, 2.24) is 5.32 Å². The Hall–Kier alpha value is -2.80. The number of anilines is 1. The second-order valence-electron chi connectivity index (χ2n) is 5.65. The molecule has 1 N–H and O–H groups in total. The molecule has 0 fully saturated rings. The highest BCUT2D eigenvalue weighted by Crippen LogP contribution is 2.27. The number of benzene rings is 2. The van der Waals surface area contributed by atoms with Crippen molar-refractivity contribution in [1.29, 1.82) is 0 Å². The summed E-state index contributed by atoms with van der Waals surface area (Å²) >= 11 is 0. The minimum atomic E-state index is -3.77. The number of sulfonamides is 1. The van der Waals surface area contributed by atoms with Gasteiger partial charge in [-0.15, -0.1) is 6.58 Å². The zero-order valence-corrected chi connectivity index (χ0v) is 15.8. The number of rotatable bonds is 7. The van der Waals surface area contributed by atoms with Gasteiger partial charge < -0.3 is 10.1 Å². The Bertz CT molecular complexity index is 906. The maximum Gasteiger partial charge on any atom is 0.264 e. The quantitative estimate of drug-likeness (QED) is 0.756. The van der Waals surface area contributed by atoms with Crippen LogP contribution in [0.4, 0.5) is 5.69 Å². The third-order valence-electron chi connectivity index (χ3n) is 3.94. The first-order chi connectivity index (χ1) is 12.3. The van der Waals surface area contributed by atoms with Gasteiger partial charge in [0.15, 0.2) is 0 Å². The molecule has 0 aromatic heterocycles. The van der Waals surface area contributed by atoms with Gasteiger partial charge in [0.05, 0.1) is 17.7 Å². The van der Waals surface area contributed by atoms with Crippen LogP contribution >= 0.6 is 0 Å². The van der Waals surface area contributed by atoms with Crippen LogP contribution in [0.5, 0.6) is 5.75 Å². The van der Waals surface area contributed by atoms with Crippen molar-refractivity contribution in [2.45, 2.75) is 11.8 Å². The highest BCUT2D eigenvalue weighted by atomic mass is 32.2. The van der Waals surface area contributed by atoms with Crippen LogP contribution in [0.25, 0.3) is 0 Å². The number of carbonyl (C=O) groups excluding carboxylic acids is 1. The lowest BCUT2D eigenvalue weighted by molar-refractivity contribution is 0.0958. The smallest absolute Gasteiger partial charge is 0.264 e. The number of nitrogens with one attached hydrogen (secondary N) is 1. The summed E-state index contributed by atoms with van der Waals surface area (Å²) in [5.41, 5.74) is 1.56. The van der Waals surface area contributed by atoms with E-state index in [1.54, 1.807) is 43.3 Å². The molecule has 0 radical (unpaired) electrons. The molecule has 1 amide bonds. The average Bonchev–Trinajstić information content (AvgIpc) is 2.65. The molecule has 7 heteroatoms. The fourth-order valence-corrected chi connectivity index (χ4v) is 3.64. The SMILES string of the molecule is C=CCNC(=O)c1ccc(C)c(N(C)S(=O)(=O)c2ccc(OC)cc2)c1. The van der Waals surface area contributed by atoms with Crippen molar-refractivity contribution < 1.29 is 17.9 Å². The molecule has 0 spiro atoms. The second kappa shape index (κ2) is 8.05. The number of methoxy groups -OCH3 is 1. The zero-order valence-electron chi connectivity index (χ0n) is 15.0. The van der Waals surface area contributed by atoms with Crippen molar-refractivity contribution in [3.05, 3.63) is 66.2 Å². The average molecular weight is 374 g/mol. The van der Waals surface area contributed by atoms with E-state index in [9.17, 15) is 13.2 Å². The molecule has 6 nitrogen and oxygen atoms in total. The summed E-state index contributed by atoms with van der Waals surface area (Å²) in [6.45, 7) is 5.68. The van der Waals surface area contributed by atoms with Crippen LogP contribution < -0.4 is 14.4 Å². The first-order valence-corrected chi connectivity index (χ1v) is 9.38. The van der Waals surface area contributed by atoms with E-state index in [1.807, 2.05) is 0 Å². The van der Waals surface area contributed by atoms with Crippen LogP contribution in [-0.4, -0.2) is 35.0 Å². The van der Waals surface area contributed by atoms with E-state index >= 15 is 0 Å². The molecule has 0 heterocycles. The predicted octanol–water partition coefficient (Wildman–Crippen LogP) is 2.74. The highest BCUT2D eigenvalue weighted by molar-refractivity contribution is 7.92. The summed E-state index contributed by atoms with van der Waals surface area (Å²) in [6.07, 6.45) is 1.58. The highest BCUT2D eigenvalue weighted by Gasteiger charge is 2.23. The molecule has 0 unspecified atom stereocenters. The molecule has 2 aromatic rings. The second-order valence-corrected chi connectivity index (χ2v) is 7.62. The fourth-order valence-electron chi connectivity index (χ4n) is 2.39. The molecular weight excluding hydrogens is 352 g/mol. The van der Waals surface area contributed by atoms with Gasteiger partial charge in [0.1, 0.15) is 5.75 Å². The summed E-state index contributed by atoms with van der Waals surface area (Å²) < 4.78 is 32.1. The molecule has 0 saturated carbocycles. The lowest BCUT2D eigenvalue weighted by atomic mass is 10.1. The largest absolute Gasteiger partial charge is 0.497 e. The molecule has 26 heavy (non-hydrogen) atoms. The maximum atomic E-state index is 12.9. The molecular formula is C19H22N2O4S.